The second kappa shape index (κ2) is 9.79. The molecule has 1 aromatic heterocycles. The van der Waals surface area contributed by atoms with E-state index in [1.165, 1.54) is 5.39 Å². The number of aromatic nitrogens is 2. The van der Waals surface area contributed by atoms with Crippen molar-refractivity contribution in [1.82, 2.24) is 9.97 Å². The van der Waals surface area contributed by atoms with Crippen LogP contribution < -0.4 is 4.74 Å². The van der Waals surface area contributed by atoms with Crippen molar-refractivity contribution in [2.45, 2.75) is 32.4 Å². The van der Waals surface area contributed by atoms with Gasteiger partial charge in [-0.25, -0.2) is 14.4 Å². The van der Waals surface area contributed by atoms with Gasteiger partial charge in [-0.15, -0.1) is 0 Å². The summed E-state index contributed by atoms with van der Waals surface area (Å²) >= 11 is 0. The zero-order valence-corrected chi connectivity index (χ0v) is 16.1. The summed E-state index contributed by atoms with van der Waals surface area (Å²) in [7, 11) is 0. The van der Waals surface area contributed by atoms with Crippen molar-refractivity contribution in [2.24, 2.45) is 0 Å². The number of fused-ring (bicyclic) bond motifs is 1. The number of hydrogen-bond donors (Lipinski definition) is 0. The molecule has 1 unspecified atom stereocenters. The van der Waals surface area contributed by atoms with Crippen LogP contribution in [-0.4, -0.2) is 22.7 Å². The molecular formula is C24H25FN2O. The molecule has 0 saturated carbocycles. The number of allylic oxidation sites excluding steroid dienone is 1. The molecule has 0 fully saturated rings. The lowest BCUT2D eigenvalue weighted by Gasteiger charge is -2.06. The van der Waals surface area contributed by atoms with Crippen molar-refractivity contribution in [2.75, 3.05) is 6.61 Å². The third-order valence-electron chi connectivity index (χ3n) is 4.44. The van der Waals surface area contributed by atoms with Gasteiger partial charge in [0.05, 0.1) is 6.17 Å². The van der Waals surface area contributed by atoms with Crippen LogP contribution >= 0.6 is 0 Å². The van der Waals surface area contributed by atoms with Gasteiger partial charge in [-0.1, -0.05) is 49.1 Å². The van der Waals surface area contributed by atoms with Crippen LogP contribution in [0.5, 0.6) is 6.01 Å². The van der Waals surface area contributed by atoms with E-state index in [4.69, 9.17) is 4.74 Å². The molecule has 0 aliphatic heterocycles. The van der Waals surface area contributed by atoms with E-state index in [0.717, 1.165) is 34.9 Å². The van der Waals surface area contributed by atoms with Crippen molar-refractivity contribution in [1.29, 1.82) is 0 Å². The van der Waals surface area contributed by atoms with Gasteiger partial charge >= 0.3 is 6.01 Å². The minimum absolute atomic E-state index is 0.349. The molecule has 1 atom stereocenters. The molecule has 0 radical (unpaired) electrons. The molecule has 1 heterocycles. The number of hydrogen-bond acceptors (Lipinski definition) is 3. The number of rotatable bonds is 9. The SMILES string of the molecule is C=CCOc1ncc(-c2ccc3cc(C=CCCCC(C)F)ccc3c2)cn1. The van der Waals surface area contributed by atoms with Crippen molar-refractivity contribution in [3.05, 3.63) is 73.1 Å². The highest BCUT2D eigenvalue weighted by atomic mass is 19.1. The highest BCUT2D eigenvalue weighted by Gasteiger charge is 2.03. The van der Waals surface area contributed by atoms with Gasteiger partial charge in [0, 0.05) is 18.0 Å². The third-order valence-corrected chi connectivity index (χ3v) is 4.44. The predicted molar refractivity (Wildman–Crippen MR) is 114 cm³/mol. The van der Waals surface area contributed by atoms with Crippen LogP contribution in [0.15, 0.2) is 67.5 Å². The molecule has 0 spiro atoms. The molecule has 2 aromatic carbocycles. The molecule has 3 nitrogen and oxygen atoms in total. The van der Waals surface area contributed by atoms with Crippen molar-refractivity contribution >= 4 is 16.8 Å². The Morgan fingerprint density at radius 3 is 2.57 bits per heavy atom. The van der Waals surface area contributed by atoms with Crippen LogP contribution in [0.25, 0.3) is 28.0 Å². The summed E-state index contributed by atoms with van der Waals surface area (Å²) in [6, 6.07) is 13.0. The maximum atomic E-state index is 12.8. The average Bonchev–Trinajstić information content (AvgIpc) is 2.71. The number of unbranched alkanes of at least 4 members (excludes halogenated alkanes) is 1. The molecular weight excluding hydrogens is 351 g/mol. The third kappa shape index (κ3) is 5.49. The fraction of sp³-hybridized carbons (Fsp3) is 0.250. The maximum Gasteiger partial charge on any atom is 0.316 e. The molecule has 4 heteroatoms. The lowest BCUT2D eigenvalue weighted by molar-refractivity contribution is 0.333. The van der Waals surface area contributed by atoms with E-state index in [1.54, 1.807) is 25.4 Å². The molecule has 144 valence electrons. The van der Waals surface area contributed by atoms with E-state index in [1.807, 2.05) is 0 Å². The van der Waals surface area contributed by atoms with E-state index in [0.29, 0.717) is 19.0 Å². The van der Waals surface area contributed by atoms with Crippen LogP contribution in [0.1, 0.15) is 31.7 Å². The maximum absolute atomic E-state index is 12.8. The first-order valence-electron chi connectivity index (χ1n) is 9.56. The van der Waals surface area contributed by atoms with Gasteiger partial charge in [0.25, 0.3) is 0 Å². The van der Waals surface area contributed by atoms with Crippen molar-refractivity contribution in [3.63, 3.8) is 0 Å². The summed E-state index contributed by atoms with van der Waals surface area (Å²) in [5.41, 5.74) is 3.16. The highest BCUT2D eigenvalue weighted by Crippen LogP contribution is 2.25. The molecule has 0 saturated heterocycles. The largest absolute Gasteiger partial charge is 0.459 e. The normalized spacial score (nSPS) is 12.4. The van der Waals surface area contributed by atoms with E-state index in [9.17, 15) is 4.39 Å². The van der Waals surface area contributed by atoms with Crippen LogP contribution in [0.2, 0.25) is 0 Å². The summed E-state index contributed by atoms with van der Waals surface area (Å²) in [6.45, 7) is 5.61. The van der Waals surface area contributed by atoms with Gasteiger partial charge < -0.3 is 4.74 Å². The molecule has 3 aromatic rings. The Balaban J connectivity index is 1.70. The minimum Gasteiger partial charge on any atom is -0.459 e. The lowest BCUT2D eigenvalue weighted by atomic mass is 10.0. The summed E-state index contributed by atoms with van der Waals surface area (Å²) in [6.07, 6.45) is 11.1. The Hall–Kier alpha value is -3.01. The molecule has 0 aliphatic carbocycles. The molecule has 0 N–H and O–H groups in total. The van der Waals surface area contributed by atoms with Crippen LogP contribution in [0, 0.1) is 0 Å². The molecule has 0 aliphatic rings. The van der Waals surface area contributed by atoms with Crippen LogP contribution in [0.4, 0.5) is 4.39 Å². The Bertz CT molecular complexity index is 948. The second-order valence-electron chi connectivity index (χ2n) is 6.79. The van der Waals surface area contributed by atoms with Crippen molar-refractivity contribution in [3.8, 4) is 17.1 Å². The lowest BCUT2D eigenvalue weighted by Crippen LogP contribution is -1.97. The molecule has 0 bridgehead atoms. The number of halogens is 1. The Morgan fingerprint density at radius 2 is 1.82 bits per heavy atom. The fourth-order valence-corrected chi connectivity index (χ4v) is 2.96. The van der Waals surface area contributed by atoms with Crippen molar-refractivity contribution < 1.29 is 9.13 Å². The predicted octanol–water partition coefficient (Wildman–Crippen LogP) is 6.40. The molecule has 3 rings (SSSR count). The first-order valence-corrected chi connectivity index (χ1v) is 9.56. The van der Waals surface area contributed by atoms with Crippen LogP contribution in [-0.2, 0) is 0 Å². The minimum atomic E-state index is -0.718. The Morgan fingerprint density at radius 1 is 1.07 bits per heavy atom. The summed E-state index contributed by atoms with van der Waals surface area (Å²) < 4.78 is 18.1. The standard InChI is InChI=1S/C24H25FN2O/c1-3-13-28-24-26-16-23(17-27-24)22-12-11-20-14-19(9-10-21(20)15-22)8-6-4-5-7-18(2)25/h3,6,8-12,14-18H,1,4-5,7,13H2,2H3. The summed E-state index contributed by atoms with van der Waals surface area (Å²) in [4.78, 5) is 8.47. The summed E-state index contributed by atoms with van der Waals surface area (Å²) in [5.74, 6) is 0. The van der Waals surface area contributed by atoms with Gasteiger partial charge in [0.1, 0.15) is 6.61 Å². The number of benzene rings is 2. The Kier molecular flexibility index (Phi) is 6.90. The number of nitrogens with zero attached hydrogens (tertiary/aromatic N) is 2. The fourth-order valence-electron chi connectivity index (χ4n) is 2.96. The van der Waals surface area contributed by atoms with E-state index < -0.39 is 6.17 Å². The van der Waals surface area contributed by atoms with E-state index >= 15 is 0 Å². The zero-order chi connectivity index (χ0) is 19.8. The number of ether oxygens (including phenoxy) is 1. The Labute approximate surface area is 165 Å². The highest BCUT2D eigenvalue weighted by molar-refractivity contribution is 5.88. The monoisotopic (exact) mass is 376 g/mol. The topological polar surface area (TPSA) is 35.0 Å². The van der Waals surface area contributed by atoms with Crippen LogP contribution in [0.3, 0.4) is 0 Å². The quantitative estimate of drug-likeness (QED) is 0.320. The van der Waals surface area contributed by atoms with E-state index in [-0.39, 0.29) is 0 Å². The van der Waals surface area contributed by atoms with Gasteiger partial charge in [0.2, 0.25) is 0 Å². The van der Waals surface area contributed by atoms with Gasteiger partial charge in [-0.2, -0.15) is 0 Å². The van der Waals surface area contributed by atoms with Gasteiger partial charge in [0.15, 0.2) is 0 Å². The summed E-state index contributed by atoms with van der Waals surface area (Å²) in [5, 5.41) is 2.34. The first kappa shape index (κ1) is 19.7. The second-order valence-corrected chi connectivity index (χ2v) is 6.79. The molecule has 0 amide bonds. The first-order chi connectivity index (χ1) is 13.7. The zero-order valence-electron chi connectivity index (χ0n) is 16.1. The smallest absolute Gasteiger partial charge is 0.316 e. The van der Waals surface area contributed by atoms with Gasteiger partial charge in [-0.05, 0) is 60.2 Å². The average molecular weight is 376 g/mol. The number of alkyl halides is 1. The van der Waals surface area contributed by atoms with Gasteiger partial charge in [-0.3, -0.25) is 0 Å². The van der Waals surface area contributed by atoms with E-state index in [2.05, 4.69) is 65.1 Å². The molecule has 28 heavy (non-hydrogen) atoms.